The molecule has 2 aliphatic carbocycles. The largest absolute Gasteiger partial charge is 0.389 e. The standard InChI is InChI=1S/C32H36N4O6/c1-18(38)35-32(24-11-4-2-8-22(24)23-9-3-5-12-25(23)32)31(42)36-16-20-7-6-10-21(20)28(36)30(41)34-26(27(39)17-37)15-19-13-14-33-29(19)40/h2-5,8-9,11-12,19-21,26,28,37H,6-7,10,13-17H2,1H3,(H,33,40)(H,34,41)(H,35,38)/t19-,20+,21+,26-,28-/m0/s1. The Morgan fingerprint density at radius 1 is 1.02 bits per heavy atom. The summed E-state index contributed by atoms with van der Waals surface area (Å²) in [6.07, 6.45) is 3.20. The molecule has 10 heteroatoms. The van der Waals surface area contributed by atoms with Crippen LogP contribution in [0.5, 0.6) is 0 Å². The fourth-order valence-electron chi connectivity index (χ4n) is 7.78. The monoisotopic (exact) mass is 572 g/mol. The highest BCUT2D eigenvalue weighted by molar-refractivity contribution is 6.04. The molecule has 5 atom stereocenters. The number of nitrogens with one attached hydrogen (secondary N) is 3. The molecule has 4 N–H and O–H groups in total. The number of carbonyl (C=O) groups is 5. The lowest BCUT2D eigenvalue weighted by Crippen LogP contribution is -2.61. The van der Waals surface area contributed by atoms with E-state index < -0.39 is 41.8 Å². The molecule has 3 fully saturated rings. The Hall–Kier alpha value is -4.05. The Kier molecular flexibility index (Phi) is 7.34. The van der Waals surface area contributed by atoms with Crippen molar-refractivity contribution in [2.45, 2.75) is 56.7 Å². The third-order valence-electron chi connectivity index (χ3n) is 9.60. The molecule has 0 unspecified atom stereocenters. The van der Waals surface area contributed by atoms with E-state index in [0.29, 0.717) is 30.6 Å². The van der Waals surface area contributed by atoms with Gasteiger partial charge in [-0.3, -0.25) is 24.0 Å². The van der Waals surface area contributed by atoms with Gasteiger partial charge in [0.2, 0.25) is 17.7 Å². The molecule has 1 saturated carbocycles. The predicted molar refractivity (Wildman–Crippen MR) is 153 cm³/mol. The van der Waals surface area contributed by atoms with Gasteiger partial charge in [0.15, 0.2) is 11.3 Å². The molecular weight excluding hydrogens is 536 g/mol. The normalized spacial score (nSPS) is 25.7. The summed E-state index contributed by atoms with van der Waals surface area (Å²) in [4.78, 5) is 68.4. The van der Waals surface area contributed by atoms with Crippen LogP contribution in [0.1, 0.15) is 50.2 Å². The summed E-state index contributed by atoms with van der Waals surface area (Å²) in [5, 5.41) is 18.2. The zero-order chi connectivity index (χ0) is 29.6. The van der Waals surface area contributed by atoms with Crippen LogP contribution < -0.4 is 16.0 Å². The molecule has 6 rings (SSSR count). The van der Waals surface area contributed by atoms with E-state index in [1.807, 2.05) is 48.5 Å². The Bertz CT molecular complexity index is 1410. The number of likely N-dealkylation sites (tertiary alicyclic amines) is 1. The van der Waals surface area contributed by atoms with Gasteiger partial charge >= 0.3 is 0 Å². The van der Waals surface area contributed by atoms with Gasteiger partial charge in [0.1, 0.15) is 12.6 Å². The maximum atomic E-state index is 14.9. The third kappa shape index (κ3) is 4.48. The van der Waals surface area contributed by atoms with Crippen LogP contribution in [0.25, 0.3) is 11.1 Å². The topological polar surface area (TPSA) is 145 Å². The van der Waals surface area contributed by atoms with Gasteiger partial charge in [-0.25, -0.2) is 0 Å². The second-order valence-electron chi connectivity index (χ2n) is 12.0. The highest BCUT2D eigenvalue weighted by Crippen LogP contribution is 2.51. The molecule has 2 aromatic carbocycles. The van der Waals surface area contributed by atoms with Gasteiger partial charge in [-0.1, -0.05) is 55.0 Å². The summed E-state index contributed by atoms with van der Waals surface area (Å²) in [7, 11) is 0. The number of aliphatic hydroxyl groups excluding tert-OH is 1. The maximum absolute atomic E-state index is 14.9. The lowest BCUT2D eigenvalue weighted by atomic mass is 9.85. The highest BCUT2D eigenvalue weighted by Gasteiger charge is 2.58. The van der Waals surface area contributed by atoms with Gasteiger partial charge in [-0.15, -0.1) is 0 Å². The summed E-state index contributed by atoms with van der Waals surface area (Å²) in [5.74, 6) is -2.42. The Morgan fingerprint density at radius 2 is 1.69 bits per heavy atom. The van der Waals surface area contributed by atoms with E-state index in [-0.39, 0.29) is 36.0 Å². The summed E-state index contributed by atoms with van der Waals surface area (Å²) in [6, 6.07) is 13.1. The number of nitrogens with zero attached hydrogens (tertiary/aromatic N) is 1. The van der Waals surface area contributed by atoms with Crippen molar-refractivity contribution >= 4 is 29.4 Å². The summed E-state index contributed by atoms with van der Waals surface area (Å²) >= 11 is 0. The second kappa shape index (κ2) is 11.0. The van der Waals surface area contributed by atoms with Gasteiger partial charge in [-0.2, -0.15) is 0 Å². The van der Waals surface area contributed by atoms with E-state index in [2.05, 4.69) is 16.0 Å². The van der Waals surface area contributed by atoms with E-state index in [1.54, 1.807) is 4.90 Å². The van der Waals surface area contributed by atoms with E-state index in [1.165, 1.54) is 6.92 Å². The Labute approximate surface area is 244 Å². The number of hydrogen-bond acceptors (Lipinski definition) is 6. The zero-order valence-electron chi connectivity index (χ0n) is 23.6. The van der Waals surface area contributed by atoms with E-state index in [0.717, 1.165) is 30.4 Å². The van der Waals surface area contributed by atoms with Crippen LogP contribution >= 0.6 is 0 Å². The van der Waals surface area contributed by atoms with Crippen LogP contribution in [0, 0.1) is 17.8 Å². The molecule has 10 nitrogen and oxygen atoms in total. The Balaban J connectivity index is 1.38. The van der Waals surface area contributed by atoms with Crippen molar-refractivity contribution in [3.8, 4) is 11.1 Å². The van der Waals surface area contributed by atoms with Crippen LogP contribution in [0.3, 0.4) is 0 Å². The van der Waals surface area contributed by atoms with E-state index >= 15 is 0 Å². The van der Waals surface area contributed by atoms with Crippen molar-refractivity contribution < 1.29 is 29.1 Å². The molecule has 42 heavy (non-hydrogen) atoms. The maximum Gasteiger partial charge on any atom is 0.258 e. The first-order valence-corrected chi connectivity index (χ1v) is 14.8. The quantitative estimate of drug-likeness (QED) is 0.375. The smallest absolute Gasteiger partial charge is 0.258 e. The van der Waals surface area contributed by atoms with Crippen molar-refractivity contribution in [2.24, 2.45) is 17.8 Å². The van der Waals surface area contributed by atoms with Gasteiger partial charge in [0.25, 0.3) is 5.91 Å². The molecule has 2 saturated heterocycles. The number of fused-ring (bicyclic) bond motifs is 4. The number of amides is 4. The first-order chi connectivity index (χ1) is 20.3. The SMILES string of the molecule is CC(=O)NC1(C(=O)N2C[C@H]3CCC[C@H]3[C@H]2C(=O)N[C@@H](C[C@@H]2CCNC2=O)C(=O)CO)c2ccccc2-c2ccccc21. The van der Waals surface area contributed by atoms with Crippen molar-refractivity contribution in [3.05, 3.63) is 59.7 Å². The molecule has 4 amide bonds. The number of rotatable bonds is 8. The van der Waals surface area contributed by atoms with Gasteiger partial charge in [-0.05, 0) is 59.8 Å². The van der Waals surface area contributed by atoms with Crippen LogP contribution in [0.4, 0.5) is 0 Å². The molecule has 4 aliphatic rings. The molecule has 0 bridgehead atoms. The van der Waals surface area contributed by atoms with Crippen molar-refractivity contribution in [1.29, 1.82) is 0 Å². The average Bonchev–Trinajstić information content (AvgIpc) is 3.75. The van der Waals surface area contributed by atoms with Crippen LogP contribution in [0.15, 0.2) is 48.5 Å². The number of benzene rings is 2. The number of ketones is 1. The molecule has 0 spiro atoms. The molecule has 2 aromatic rings. The molecule has 0 aromatic heterocycles. The van der Waals surface area contributed by atoms with Crippen LogP contribution in [-0.2, 0) is 29.5 Å². The third-order valence-corrected chi connectivity index (χ3v) is 9.60. The fraction of sp³-hybridized carbons (Fsp3) is 0.469. The number of aliphatic hydroxyl groups is 1. The molecule has 2 aliphatic heterocycles. The first-order valence-electron chi connectivity index (χ1n) is 14.8. The number of carbonyl (C=O) groups excluding carboxylic acids is 5. The second-order valence-corrected chi connectivity index (χ2v) is 12.0. The van der Waals surface area contributed by atoms with E-state index in [9.17, 15) is 29.1 Å². The average molecular weight is 573 g/mol. The molecule has 220 valence electrons. The minimum absolute atomic E-state index is 0.0856. The summed E-state index contributed by atoms with van der Waals surface area (Å²) in [6.45, 7) is 1.47. The van der Waals surface area contributed by atoms with Gasteiger partial charge < -0.3 is 26.0 Å². The van der Waals surface area contributed by atoms with Crippen molar-refractivity contribution in [3.63, 3.8) is 0 Å². The minimum atomic E-state index is -1.52. The lowest BCUT2D eigenvalue weighted by Gasteiger charge is -2.38. The van der Waals surface area contributed by atoms with Gasteiger partial charge in [0, 0.05) is 25.9 Å². The summed E-state index contributed by atoms with van der Waals surface area (Å²) in [5.41, 5.74) is 1.49. The molecule has 0 radical (unpaired) electrons. The molecule has 2 heterocycles. The minimum Gasteiger partial charge on any atom is -0.389 e. The van der Waals surface area contributed by atoms with Gasteiger partial charge in [0.05, 0.1) is 6.04 Å². The Morgan fingerprint density at radius 3 is 2.29 bits per heavy atom. The first kappa shape index (κ1) is 28.1. The van der Waals surface area contributed by atoms with Crippen LogP contribution in [0.2, 0.25) is 0 Å². The molecular formula is C32H36N4O6. The number of hydrogen-bond donors (Lipinski definition) is 4. The fourth-order valence-corrected chi connectivity index (χ4v) is 7.78. The zero-order valence-corrected chi connectivity index (χ0v) is 23.6. The highest BCUT2D eigenvalue weighted by atomic mass is 16.3. The van der Waals surface area contributed by atoms with Crippen molar-refractivity contribution in [1.82, 2.24) is 20.9 Å². The number of Topliss-reactive ketones (excluding diaryl/α,β-unsaturated/α-hetero) is 1. The summed E-state index contributed by atoms with van der Waals surface area (Å²) < 4.78 is 0. The predicted octanol–water partition coefficient (Wildman–Crippen LogP) is 1.25. The van der Waals surface area contributed by atoms with Crippen molar-refractivity contribution in [2.75, 3.05) is 19.7 Å². The van der Waals surface area contributed by atoms with Crippen LogP contribution in [-0.4, -0.2) is 71.2 Å². The lowest BCUT2D eigenvalue weighted by molar-refractivity contribution is -0.146. The van der Waals surface area contributed by atoms with E-state index in [4.69, 9.17) is 0 Å².